The normalized spacial score (nSPS) is 22.2. The molecule has 2 fully saturated rings. The van der Waals surface area contributed by atoms with Crippen molar-refractivity contribution in [2.75, 3.05) is 19.6 Å². The predicted octanol–water partition coefficient (Wildman–Crippen LogP) is 2.24. The van der Waals surface area contributed by atoms with Crippen molar-refractivity contribution in [3.05, 3.63) is 46.2 Å². The van der Waals surface area contributed by atoms with Gasteiger partial charge in [-0.05, 0) is 43.8 Å². The minimum absolute atomic E-state index is 0.132. The summed E-state index contributed by atoms with van der Waals surface area (Å²) in [6.45, 7) is 4.88. The van der Waals surface area contributed by atoms with Crippen molar-refractivity contribution in [1.82, 2.24) is 14.4 Å². The summed E-state index contributed by atoms with van der Waals surface area (Å²) >= 11 is 0. The van der Waals surface area contributed by atoms with E-state index in [9.17, 15) is 9.59 Å². The van der Waals surface area contributed by atoms with Gasteiger partial charge in [0.1, 0.15) is 5.56 Å². The predicted molar refractivity (Wildman–Crippen MR) is 98.9 cm³/mol. The van der Waals surface area contributed by atoms with Crippen LogP contribution in [0.2, 0.25) is 0 Å². The number of carbonyl (C=O) groups excluding carboxylic acids is 1. The molecule has 25 heavy (non-hydrogen) atoms. The van der Waals surface area contributed by atoms with E-state index < -0.39 is 0 Å². The van der Waals surface area contributed by atoms with Crippen LogP contribution in [0.1, 0.15) is 36.5 Å². The number of piperidine rings is 1. The lowest BCUT2D eigenvalue weighted by Gasteiger charge is -2.49. The third-order valence-electron chi connectivity index (χ3n) is 5.84. The van der Waals surface area contributed by atoms with E-state index >= 15 is 0 Å². The highest BCUT2D eigenvalue weighted by molar-refractivity contribution is 5.97. The number of fused-ring (bicyclic) bond motifs is 1. The number of amides is 1. The van der Waals surface area contributed by atoms with Crippen LogP contribution in [0.5, 0.6) is 0 Å². The number of pyridine rings is 1. The van der Waals surface area contributed by atoms with Gasteiger partial charge in [-0.25, -0.2) is 0 Å². The van der Waals surface area contributed by atoms with Crippen molar-refractivity contribution in [3.63, 3.8) is 0 Å². The molecule has 2 aliphatic heterocycles. The Balaban J connectivity index is 1.54. The summed E-state index contributed by atoms with van der Waals surface area (Å²) < 4.78 is 1.58. The van der Waals surface area contributed by atoms with Crippen LogP contribution in [-0.4, -0.2) is 52.0 Å². The lowest BCUT2D eigenvalue weighted by Crippen LogP contribution is -2.63. The Morgan fingerprint density at radius 2 is 1.92 bits per heavy atom. The van der Waals surface area contributed by atoms with E-state index in [0.717, 1.165) is 30.5 Å². The molecule has 4 rings (SSSR count). The minimum Gasteiger partial charge on any atom is -0.335 e. The van der Waals surface area contributed by atoms with Gasteiger partial charge in [0.25, 0.3) is 11.5 Å². The Hall–Kier alpha value is -2.14. The van der Waals surface area contributed by atoms with E-state index in [0.29, 0.717) is 12.1 Å². The second-order valence-electron chi connectivity index (χ2n) is 7.43. The van der Waals surface area contributed by atoms with Gasteiger partial charge < -0.3 is 9.47 Å². The first kappa shape index (κ1) is 16.3. The van der Waals surface area contributed by atoms with Crippen molar-refractivity contribution in [2.45, 2.75) is 38.3 Å². The number of nitrogens with zero attached hydrogens (tertiary/aromatic N) is 3. The van der Waals surface area contributed by atoms with Crippen LogP contribution in [0.4, 0.5) is 0 Å². The molecule has 2 aromatic rings. The van der Waals surface area contributed by atoms with Crippen LogP contribution >= 0.6 is 0 Å². The number of aryl methyl sites for hydroxylation is 1. The van der Waals surface area contributed by atoms with Gasteiger partial charge in [0, 0.05) is 32.2 Å². The molecule has 0 N–H and O–H groups in total. The van der Waals surface area contributed by atoms with Gasteiger partial charge in [-0.2, -0.15) is 0 Å². The number of aromatic nitrogens is 1. The molecule has 1 amide bonds. The zero-order chi connectivity index (χ0) is 17.6. The highest BCUT2D eigenvalue weighted by Crippen LogP contribution is 2.25. The summed E-state index contributed by atoms with van der Waals surface area (Å²) in [4.78, 5) is 29.8. The standard InChI is InChI=1S/C20H25N3O2/c1-14-7-5-6-10-23(14)16-12-22(13-16)20(25)17-11-15-8-3-4-9-18(15)21(2)19(17)24/h3-4,8-9,11,14,16H,5-7,10,12-13H2,1-2H3/t14-/m0/s1. The molecule has 5 nitrogen and oxygen atoms in total. The third kappa shape index (κ3) is 2.76. The number of hydrogen-bond donors (Lipinski definition) is 0. The zero-order valence-electron chi connectivity index (χ0n) is 14.9. The molecule has 132 valence electrons. The second-order valence-corrected chi connectivity index (χ2v) is 7.43. The monoisotopic (exact) mass is 339 g/mol. The number of carbonyl (C=O) groups is 1. The Morgan fingerprint density at radius 3 is 2.68 bits per heavy atom. The largest absolute Gasteiger partial charge is 0.335 e. The molecule has 0 unspecified atom stereocenters. The topological polar surface area (TPSA) is 45.5 Å². The summed E-state index contributed by atoms with van der Waals surface area (Å²) in [6, 6.07) is 10.5. The van der Waals surface area contributed by atoms with E-state index in [1.165, 1.54) is 19.3 Å². The van der Waals surface area contributed by atoms with Crippen molar-refractivity contribution in [3.8, 4) is 0 Å². The van der Waals surface area contributed by atoms with Crippen molar-refractivity contribution in [1.29, 1.82) is 0 Å². The first-order valence-electron chi connectivity index (χ1n) is 9.20. The van der Waals surface area contributed by atoms with E-state index in [-0.39, 0.29) is 17.0 Å². The van der Waals surface area contributed by atoms with Crippen molar-refractivity contribution in [2.24, 2.45) is 7.05 Å². The Bertz CT molecular complexity index is 867. The van der Waals surface area contributed by atoms with Gasteiger partial charge in [0.2, 0.25) is 0 Å². The molecule has 2 aliphatic rings. The van der Waals surface area contributed by atoms with Gasteiger partial charge >= 0.3 is 0 Å². The molecule has 0 spiro atoms. The summed E-state index contributed by atoms with van der Waals surface area (Å²) in [5.74, 6) is -0.132. The maximum Gasteiger partial charge on any atom is 0.263 e. The molecular formula is C20H25N3O2. The quantitative estimate of drug-likeness (QED) is 0.843. The summed E-state index contributed by atoms with van der Waals surface area (Å²) in [6.07, 6.45) is 3.80. The number of rotatable bonds is 2. The van der Waals surface area contributed by atoms with Gasteiger partial charge in [0.05, 0.1) is 5.52 Å². The van der Waals surface area contributed by atoms with Gasteiger partial charge in [-0.15, -0.1) is 0 Å². The third-order valence-corrected chi connectivity index (χ3v) is 5.84. The molecule has 1 aromatic heterocycles. The molecule has 5 heteroatoms. The lowest BCUT2D eigenvalue weighted by molar-refractivity contribution is 0.00202. The second kappa shape index (κ2) is 6.30. The molecule has 1 aromatic carbocycles. The maximum atomic E-state index is 12.8. The summed E-state index contributed by atoms with van der Waals surface area (Å²) in [5.41, 5.74) is 0.928. The van der Waals surface area contributed by atoms with Crippen LogP contribution in [0.3, 0.4) is 0 Å². The number of hydrogen-bond acceptors (Lipinski definition) is 3. The molecule has 0 radical (unpaired) electrons. The van der Waals surface area contributed by atoms with Gasteiger partial charge in [0.15, 0.2) is 0 Å². The van der Waals surface area contributed by atoms with Crippen LogP contribution in [0.15, 0.2) is 35.1 Å². The van der Waals surface area contributed by atoms with Gasteiger partial charge in [-0.3, -0.25) is 14.5 Å². The van der Waals surface area contributed by atoms with E-state index in [2.05, 4.69) is 11.8 Å². The first-order chi connectivity index (χ1) is 12.1. The molecule has 1 atom stereocenters. The van der Waals surface area contributed by atoms with E-state index in [4.69, 9.17) is 0 Å². The fourth-order valence-electron chi connectivity index (χ4n) is 4.24. The van der Waals surface area contributed by atoms with Crippen LogP contribution in [0, 0.1) is 0 Å². The van der Waals surface area contributed by atoms with E-state index in [1.54, 1.807) is 17.7 Å². The average molecular weight is 339 g/mol. The number of para-hydroxylation sites is 1. The van der Waals surface area contributed by atoms with Crippen LogP contribution in [-0.2, 0) is 7.05 Å². The number of benzene rings is 1. The Morgan fingerprint density at radius 1 is 1.16 bits per heavy atom. The molecule has 2 saturated heterocycles. The lowest BCUT2D eigenvalue weighted by atomic mass is 9.97. The van der Waals surface area contributed by atoms with Crippen molar-refractivity contribution >= 4 is 16.8 Å². The van der Waals surface area contributed by atoms with Gasteiger partial charge in [-0.1, -0.05) is 24.6 Å². The molecule has 0 aliphatic carbocycles. The molecule has 0 saturated carbocycles. The zero-order valence-corrected chi connectivity index (χ0v) is 14.9. The highest BCUT2D eigenvalue weighted by atomic mass is 16.2. The fourth-order valence-corrected chi connectivity index (χ4v) is 4.24. The molecule has 0 bridgehead atoms. The average Bonchev–Trinajstić information content (AvgIpc) is 2.58. The van der Waals surface area contributed by atoms with Crippen LogP contribution in [0.25, 0.3) is 10.9 Å². The number of likely N-dealkylation sites (tertiary alicyclic amines) is 2. The minimum atomic E-state index is -0.210. The SMILES string of the molecule is C[C@H]1CCCCN1C1CN(C(=O)c2cc3ccccc3n(C)c2=O)C1. The summed E-state index contributed by atoms with van der Waals surface area (Å²) in [7, 11) is 1.73. The highest BCUT2D eigenvalue weighted by Gasteiger charge is 2.38. The van der Waals surface area contributed by atoms with Crippen LogP contribution < -0.4 is 5.56 Å². The Labute approximate surface area is 147 Å². The maximum absolute atomic E-state index is 12.8. The molecular weight excluding hydrogens is 314 g/mol. The smallest absolute Gasteiger partial charge is 0.263 e. The molecule has 3 heterocycles. The fraction of sp³-hybridized carbons (Fsp3) is 0.500. The van der Waals surface area contributed by atoms with E-state index in [1.807, 2.05) is 29.2 Å². The van der Waals surface area contributed by atoms with Crippen molar-refractivity contribution < 1.29 is 4.79 Å². The first-order valence-corrected chi connectivity index (χ1v) is 9.20. The Kier molecular flexibility index (Phi) is 4.12. The summed E-state index contributed by atoms with van der Waals surface area (Å²) in [5, 5.41) is 0.926.